The van der Waals surface area contributed by atoms with E-state index in [0.29, 0.717) is 5.56 Å². The van der Waals surface area contributed by atoms with Crippen molar-refractivity contribution in [3.8, 4) is 0 Å². The van der Waals surface area contributed by atoms with Gasteiger partial charge in [0.05, 0.1) is 6.61 Å². The molecule has 0 saturated carbocycles. The van der Waals surface area contributed by atoms with Crippen molar-refractivity contribution in [2.24, 2.45) is 0 Å². The molecule has 0 aliphatic carbocycles. The average molecular weight is 373 g/mol. The summed E-state index contributed by atoms with van der Waals surface area (Å²) in [6, 6.07) is 8.84. The fourth-order valence-electron chi connectivity index (χ4n) is 3.33. The Morgan fingerprint density at radius 1 is 1.32 bits per heavy atom. The van der Waals surface area contributed by atoms with Crippen molar-refractivity contribution >= 4 is 21.9 Å². The van der Waals surface area contributed by atoms with Crippen molar-refractivity contribution in [3.63, 3.8) is 0 Å². The number of aliphatic hydroxyl groups excluding tert-OH is 1. The van der Waals surface area contributed by atoms with Crippen molar-refractivity contribution in [3.05, 3.63) is 35.9 Å². The molecule has 120 valence electrons. The maximum Gasteiger partial charge on any atom is 0.345 e. The van der Waals surface area contributed by atoms with Crippen molar-refractivity contribution in [2.75, 3.05) is 6.61 Å². The first kappa shape index (κ1) is 15.9. The molecule has 7 heteroatoms. The Morgan fingerprint density at radius 3 is 2.55 bits per heavy atom. The predicted molar refractivity (Wildman–Crippen MR) is 79.3 cm³/mol. The van der Waals surface area contributed by atoms with Crippen LogP contribution in [0.4, 0.5) is 0 Å². The van der Waals surface area contributed by atoms with E-state index in [0.717, 1.165) is 0 Å². The first-order chi connectivity index (χ1) is 10.3. The number of alkyl halides is 1. The van der Waals surface area contributed by atoms with Crippen molar-refractivity contribution in [1.29, 1.82) is 0 Å². The molecule has 0 bridgehead atoms. The van der Waals surface area contributed by atoms with E-state index >= 15 is 0 Å². The van der Waals surface area contributed by atoms with E-state index in [1.54, 1.807) is 31.2 Å². The van der Waals surface area contributed by atoms with Gasteiger partial charge in [0.2, 0.25) is 11.4 Å². The van der Waals surface area contributed by atoms with Crippen LogP contribution in [0.1, 0.15) is 18.4 Å². The third kappa shape index (κ3) is 1.97. The van der Waals surface area contributed by atoms with E-state index in [4.69, 9.17) is 9.47 Å². The maximum atomic E-state index is 12.3. The molecule has 0 aromatic heterocycles. The molecular weight excluding hydrogens is 356 g/mol. The zero-order valence-electron chi connectivity index (χ0n) is 11.8. The molecule has 22 heavy (non-hydrogen) atoms. The number of esters is 1. The van der Waals surface area contributed by atoms with Gasteiger partial charge in [-0.2, -0.15) is 0 Å². The van der Waals surface area contributed by atoms with Crippen molar-refractivity contribution in [2.45, 2.75) is 41.3 Å². The molecule has 3 rings (SSSR count). The van der Waals surface area contributed by atoms with Gasteiger partial charge in [0, 0.05) is 10.7 Å². The number of ether oxygens (including phenoxy) is 2. The number of benzene rings is 1. The summed E-state index contributed by atoms with van der Waals surface area (Å²) in [6.45, 7) is 1.54. The number of hydrogen-bond acceptors (Lipinski definition) is 6. The van der Waals surface area contributed by atoms with Gasteiger partial charge >= 0.3 is 5.97 Å². The van der Waals surface area contributed by atoms with Crippen LogP contribution in [0, 0.1) is 0 Å². The summed E-state index contributed by atoms with van der Waals surface area (Å²) in [5.74, 6) is -4.10. The zero-order valence-corrected chi connectivity index (χ0v) is 13.4. The molecule has 2 aliphatic heterocycles. The smallest absolute Gasteiger partial charge is 0.345 e. The van der Waals surface area contributed by atoms with Crippen LogP contribution in [0.5, 0.6) is 0 Å². The fraction of sp³-hybridized carbons (Fsp3) is 0.533. The van der Waals surface area contributed by atoms with E-state index in [1.807, 2.05) is 6.07 Å². The van der Waals surface area contributed by atoms with Crippen LogP contribution < -0.4 is 0 Å². The molecule has 2 unspecified atom stereocenters. The number of carbonyl (C=O) groups is 1. The molecule has 2 saturated heterocycles. The molecule has 6 nitrogen and oxygen atoms in total. The summed E-state index contributed by atoms with van der Waals surface area (Å²) in [4.78, 5) is 12.0. The molecular formula is C15H17BrO6. The molecule has 2 aliphatic rings. The molecule has 0 amide bonds. The SMILES string of the molecule is CC(Br)C(c1ccccc1)[C@@]1(O)C(=O)O[C@@H]2[C@@H](O)CO[C@@]21O. The van der Waals surface area contributed by atoms with E-state index in [1.165, 1.54) is 0 Å². The fourth-order valence-corrected chi connectivity index (χ4v) is 4.02. The summed E-state index contributed by atoms with van der Waals surface area (Å²) in [5, 5.41) is 31.7. The number of rotatable bonds is 3. The number of carbonyl (C=O) groups excluding carboxylic acids is 1. The lowest BCUT2D eigenvalue weighted by Gasteiger charge is -2.39. The number of fused-ring (bicyclic) bond motifs is 1. The minimum atomic E-state index is -2.32. The minimum absolute atomic E-state index is 0.213. The van der Waals surface area contributed by atoms with E-state index < -0.39 is 35.5 Å². The summed E-state index contributed by atoms with van der Waals surface area (Å²) >= 11 is 3.39. The highest BCUT2D eigenvalue weighted by atomic mass is 79.9. The van der Waals surface area contributed by atoms with E-state index in [9.17, 15) is 20.1 Å². The second-order valence-electron chi connectivity index (χ2n) is 5.73. The Morgan fingerprint density at radius 2 is 1.95 bits per heavy atom. The number of hydrogen-bond donors (Lipinski definition) is 3. The summed E-state index contributed by atoms with van der Waals surface area (Å²) < 4.78 is 10.2. The highest BCUT2D eigenvalue weighted by Crippen LogP contribution is 2.51. The molecule has 2 fully saturated rings. The molecule has 1 aromatic carbocycles. The van der Waals surface area contributed by atoms with Crippen LogP contribution in [0.15, 0.2) is 30.3 Å². The van der Waals surface area contributed by atoms with Crippen molar-refractivity contribution < 1.29 is 29.6 Å². The summed E-state index contributed by atoms with van der Waals surface area (Å²) in [6.07, 6.45) is -2.48. The van der Waals surface area contributed by atoms with Crippen LogP contribution >= 0.6 is 15.9 Å². The van der Waals surface area contributed by atoms with Crippen LogP contribution in [0.25, 0.3) is 0 Å². The lowest BCUT2D eigenvalue weighted by Crippen LogP contribution is -2.62. The van der Waals surface area contributed by atoms with Crippen LogP contribution in [0.2, 0.25) is 0 Å². The molecule has 0 spiro atoms. The molecule has 0 radical (unpaired) electrons. The quantitative estimate of drug-likeness (QED) is 0.521. The second-order valence-corrected chi connectivity index (χ2v) is 7.18. The Balaban J connectivity index is 2.12. The highest BCUT2D eigenvalue weighted by molar-refractivity contribution is 9.09. The first-order valence-electron chi connectivity index (χ1n) is 6.99. The predicted octanol–water partition coefficient (Wildman–Crippen LogP) is 0.290. The maximum absolute atomic E-state index is 12.3. The second kappa shape index (κ2) is 5.28. The molecule has 1 aromatic rings. The van der Waals surface area contributed by atoms with Crippen LogP contribution in [-0.4, -0.2) is 56.3 Å². The Labute approximate surface area is 135 Å². The van der Waals surface area contributed by atoms with Crippen LogP contribution in [0.3, 0.4) is 0 Å². The number of aliphatic hydroxyl groups is 3. The molecule has 3 N–H and O–H groups in total. The van der Waals surface area contributed by atoms with Gasteiger partial charge in [-0.3, -0.25) is 0 Å². The molecule has 6 atom stereocenters. The first-order valence-corrected chi connectivity index (χ1v) is 7.91. The van der Waals surface area contributed by atoms with Gasteiger partial charge in [0.15, 0.2) is 6.10 Å². The molecule has 2 heterocycles. The third-order valence-corrected chi connectivity index (χ3v) is 4.90. The number of halogens is 1. The lowest BCUT2D eigenvalue weighted by atomic mass is 9.74. The van der Waals surface area contributed by atoms with E-state index in [2.05, 4.69) is 15.9 Å². The van der Waals surface area contributed by atoms with Crippen LogP contribution in [-0.2, 0) is 14.3 Å². The summed E-state index contributed by atoms with van der Waals surface area (Å²) in [5.41, 5.74) is -1.68. The normalized spacial score (nSPS) is 40.1. The van der Waals surface area contributed by atoms with E-state index in [-0.39, 0.29) is 11.4 Å². The topological polar surface area (TPSA) is 96.2 Å². The van der Waals surface area contributed by atoms with Gasteiger partial charge in [-0.05, 0) is 5.56 Å². The zero-order chi connectivity index (χ0) is 16.1. The largest absolute Gasteiger partial charge is 0.451 e. The van der Waals surface area contributed by atoms with Gasteiger partial charge in [0.1, 0.15) is 6.10 Å². The summed E-state index contributed by atoms with van der Waals surface area (Å²) in [7, 11) is 0. The van der Waals surface area contributed by atoms with Gasteiger partial charge < -0.3 is 24.8 Å². The van der Waals surface area contributed by atoms with Gasteiger partial charge in [0.25, 0.3) is 0 Å². The minimum Gasteiger partial charge on any atom is -0.451 e. The lowest BCUT2D eigenvalue weighted by molar-refractivity contribution is -0.268. The van der Waals surface area contributed by atoms with Gasteiger partial charge in [-0.1, -0.05) is 53.2 Å². The Bertz CT molecular complexity index is 579. The third-order valence-electron chi connectivity index (χ3n) is 4.37. The Hall–Kier alpha value is -0.990. The Kier molecular flexibility index (Phi) is 3.81. The van der Waals surface area contributed by atoms with Crippen molar-refractivity contribution in [1.82, 2.24) is 0 Å². The monoisotopic (exact) mass is 372 g/mol. The standard InChI is InChI=1S/C15H17BrO6/c1-8(16)11(9-5-3-2-4-6-9)14(19)13(18)22-12-10(17)7-21-15(12,14)20/h2-6,8,10-12,17,19-20H,7H2,1H3/t8?,10-,11?,12+,14+,15-/m0/s1. The average Bonchev–Trinajstić information content (AvgIpc) is 2.87. The highest BCUT2D eigenvalue weighted by Gasteiger charge is 2.76. The van der Waals surface area contributed by atoms with Gasteiger partial charge in [-0.25, -0.2) is 4.79 Å². The van der Waals surface area contributed by atoms with Gasteiger partial charge in [-0.15, -0.1) is 0 Å².